The van der Waals surface area contributed by atoms with E-state index in [4.69, 9.17) is 0 Å². The summed E-state index contributed by atoms with van der Waals surface area (Å²) in [7, 11) is 0. The third kappa shape index (κ3) is 4.76. The van der Waals surface area contributed by atoms with Crippen LogP contribution in [0.5, 0.6) is 0 Å². The number of likely N-dealkylation sites (tertiary alicyclic amines) is 1. The fraction of sp³-hybridized carbons (Fsp3) is 1.00. The van der Waals surface area contributed by atoms with Crippen LogP contribution in [0.4, 0.5) is 13.2 Å². The molecule has 5 heteroatoms. The zero-order valence-corrected chi connectivity index (χ0v) is 11.6. The summed E-state index contributed by atoms with van der Waals surface area (Å²) in [6.45, 7) is 8.20. The van der Waals surface area contributed by atoms with Crippen molar-refractivity contribution in [2.75, 3.05) is 19.6 Å². The molecule has 1 fully saturated rings. The van der Waals surface area contributed by atoms with Crippen LogP contribution in [-0.2, 0) is 0 Å². The molecule has 108 valence electrons. The molecule has 0 aliphatic carbocycles. The van der Waals surface area contributed by atoms with Crippen molar-refractivity contribution in [3.8, 4) is 0 Å². The highest BCUT2D eigenvalue weighted by Crippen LogP contribution is 2.26. The van der Waals surface area contributed by atoms with E-state index >= 15 is 0 Å². The molecule has 0 aromatic rings. The SMILES string of the molecule is CCCNC1CCN(CCC(F)(F)F)C(C)C1C. The number of hydrogen-bond donors (Lipinski definition) is 1. The van der Waals surface area contributed by atoms with Crippen molar-refractivity contribution in [2.45, 2.75) is 58.3 Å². The number of piperidine rings is 1. The average Bonchev–Trinajstić information content (AvgIpc) is 2.28. The lowest BCUT2D eigenvalue weighted by molar-refractivity contribution is -0.140. The van der Waals surface area contributed by atoms with Gasteiger partial charge in [-0.2, -0.15) is 13.2 Å². The van der Waals surface area contributed by atoms with Crippen molar-refractivity contribution in [3.63, 3.8) is 0 Å². The zero-order valence-electron chi connectivity index (χ0n) is 11.6. The van der Waals surface area contributed by atoms with E-state index in [1.165, 1.54) is 0 Å². The molecule has 1 heterocycles. The average molecular weight is 266 g/mol. The van der Waals surface area contributed by atoms with Gasteiger partial charge in [-0.3, -0.25) is 4.90 Å². The Morgan fingerprint density at radius 1 is 1.28 bits per heavy atom. The number of nitrogens with one attached hydrogen (secondary N) is 1. The minimum Gasteiger partial charge on any atom is -0.314 e. The molecule has 1 N–H and O–H groups in total. The van der Waals surface area contributed by atoms with E-state index in [0.29, 0.717) is 12.0 Å². The first kappa shape index (κ1) is 15.8. The maximum absolute atomic E-state index is 12.2. The molecule has 0 radical (unpaired) electrons. The predicted octanol–water partition coefficient (Wildman–Crippen LogP) is 3.04. The molecule has 0 aromatic heterocycles. The highest BCUT2D eigenvalue weighted by atomic mass is 19.4. The molecule has 0 amide bonds. The molecule has 0 saturated carbocycles. The van der Waals surface area contributed by atoms with E-state index in [1.807, 2.05) is 11.8 Å². The normalized spacial score (nSPS) is 30.7. The van der Waals surface area contributed by atoms with Crippen LogP contribution in [0.2, 0.25) is 0 Å². The number of nitrogens with zero attached hydrogens (tertiary/aromatic N) is 1. The Kier molecular flexibility index (Phi) is 5.92. The lowest BCUT2D eigenvalue weighted by atomic mass is 9.87. The molecule has 18 heavy (non-hydrogen) atoms. The summed E-state index contributed by atoms with van der Waals surface area (Å²) in [4.78, 5) is 1.97. The van der Waals surface area contributed by atoms with Crippen LogP contribution in [0.3, 0.4) is 0 Å². The minimum absolute atomic E-state index is 0.134. The molecule has 0 bridgehead atoms. The Bertz CT molecular complexity index is 243. The first-order chi connectivity index (χ1) is 8.35. The Balaban J connectivity index is 2.42. The summed E-state index contributed by atoms with van der Waals surface area (Å²) in [5, 5.41) is 3.50. The second-order valence-electron chi connectivity index (χ2n) is 5.35. The highest BCUT2D eigenvalue weighted by Gasteiger charge is 2.34. The maximum atomic E-state index is 12.2. The Hall–Kier alpha value is -0.290. The lowest BCUT2D eigenvalue weighted by Gasteiger charge is -2.43. The second kappa shape index (κ2) is 6.75. The summed E-state index contributed by atoms with van der Waals surface area (Å²) in [6, 6.07) is 0.664. The van der Waals surface area contributed by atoms with Gasteiger partial charge in [0.2, 0.25) is 0 Å². The number of halogens is 3. The first-order valence-corrected chi connectivity index (χ1v) is 6.89. The van der Waals surface area contributed by atoms with Gasteiger partial charge in [0.05, 0.1) is 6.42 Å². The second-order valence-corrected chi connectivity index (χ2v) is 5.35. The quantitative estimate of drug-likeness (QED) is 0.823. The fourth-order valence-corrected chi connectivity index (χ4v) is 2.64. The third-order valence-corrected chi connectivity index (χ3v) is 4.04. The highest BCUT2D eigenvalue weighted by molar-refractivity contribution is 4.88. The summed E-state index contributed by atoms with van der Waals surface area (Å²) in [6.07, 6.45) is -2.70. The van der Waals surface area contributed by atoms with Crippen molar-refractivity contribution in [1.82, 2.24) is 10.2 Å². The van der Waals surface area contributed by atoms with Gasteiger partial charge in [-0.1, -0.05) is 13.8 Å². The van der Waals surface area contributed by atoms with Crippen LogP contribution in [0.25, 0.3) is 0 Å². The van der Waals surface area contributed by atoms with Crippen molar-refractivity contribution >= 4 is 0 Å². The van der Waals surface area contributed by atoms with Crippen LogP contribution in [0, 0.1) is 5.92 Å². The van der Waals surface area contributed by atoms with Crippen LogP contribution in [0.15, 0.2) is 0 Å². The monoisotopic (exact) mass is 266 g/mol. The molecular weight excluding hydrogens is 241 g/mol. The van der Waals surface area contributed by atoms with Crippen molar-refractivity contribution in [2.24, 2.45) is 5.92 Å². The van der Waals surface area contributed by atoms with Gasteiger partial charge in [0.15, 0.2) is 0 Å². The molecule has 1 saturated heterocycles. The predicted molar refractivity (Wildman–Crippen MR) is 67.6 cm³/mol. The van der Waals surface area contributed by atoms with Crippen LogP contribution >= 0.6 is 0 Å². The first-order valence-electron chi connectivity index (χ1n) is 6.89. The van der Waals surface area contributed by atoms with Crippen LogP contribution in [-0.4, -0.2) is 42.8 Å². The molecule has 1 aliphatic rings. The standard InChI is InChI=1S/C13H25F3N2/c1-4-7-17-12-5-8-18(11(3)10(12)2)9-6-13(14,15)16/h10-12,17H,4-9H2,1-3H3. The van der Waals surface area contributed by atoms with Crippen molar-refractivity contribution in [1.29, 1.82) is 0 Å². The molecule has 2 nitrogen and oxygen atoms in total. The molecule has 0 aromatic carbocycles. The van der Waals surface area contributed by atoms with Gasteiger partial charge in [-0.15, -0.1) is 0 Å². The van der Waals surface area contributed by atoms with Gasteiger partial charge in [-0.25, -0.2) is 0 Å². The topological polar surface area (TPSA) is 15.3 Å². The van der Waals surface area contributed by atoms with E-state index < -0.39 is 12.6 Å². The van der Waals surface area contributed by atoms with E-state index in [0.717, 1.165) is 25.9 Å². The van der Waals surface area contributed by atoms with Crippen molar-refractivity contribution in [3.05, 3.63) is 0 Å². The summed E-state index contributed by atoms with van der Waals surface area (Å²) >= 11 is 0. The molecule has 1 aliphatic heterocycles. The lowest BCUT2D eigenvalue weighted by Crippen LogP contribution is -2.53. The molecule has 3 unspecified atom stereocenters. The van der Waals surface area contributed by atoms with Gasteiger partial charge < -0.3 is 5.32 Å². The van der Waals surface area contributed by atoms with E-state index in [9.17, 15) is 13.2 Å². The van der Waals surface area contributed by atoms with Gasteiger partial charge in [0, 0.05) is 18.6 Å². The van der Waals surface area contributed by atoms with Crippen molar-refractivity contribution < 1.29 is 13.2 Å². The van der Waals surface area contributed by atoms with Crippen LogP contribution in [0.1, 0.15) is 40.0 Å². The smallest absolute Gasteiger partial charge is 0.314 e. The maximum Gasteiger partial charge on any atom is 0.390 e. The minimum atomic E-state index is -4.04. The Morgan fingerprint density at radius 2 is 1.94 bits per heavy atom. The van der Waals surface area contributed by atoms with E-state index in [1.54, 1.807) is 0 Å². The molecule has 1 rings (SSSR count). The van der Waals surface area contributed by atoms with E-state index in [2.05, 4.69) is 19.2 Å². The molecule has 0 spiro atoms. The number of rotatable bonds is 5. The molecule has 3 atom stereocenters. The largest absolute Gasteiger partial charge is 0.390 e. The molecular formula is C13H25F3N2. The summed E-state index contributed by atoms with van der Waals surface area (Å²) in [5.41, 5.74) is 0. The Morgan fingerprint density at radius 3 is 2.50 bits per heavy atom. The summed E-state index contributed by atoms with van der Waals surface area (Å²) in [5.74, 6) is 0.401. The van der Waals surface area contributed by atoms with Gasteiger partial charge in [0.25, 0.3) is 0 Å². The zero-order chi connectivity index (χ0) is 13.8. The van der Waals surface area contributed by atoms with Gasteiger partial charge in [-0.05, 0) is 38.8 Å². The van der Waals surface area contributed by atoms with Crippen LogP contribution < -0.4 is 5.32 Å². The fourth-order valence-electron chi connectivity index (χ4n) is 2.64. The third-order valence-electron chi connectivity index (χ3n) is 4.04. The number of hydrogen-bond acceptors (Lipinski definition) is 2. The number of alkyl halides is 3. The summed E-state index contributed by atoms with van der Waals surface area (Å²) < 4.78 is 36.7. The Labute approximate surface area is 108 Å². The van der Waals surface area contributed by atoms with Gasteiger partial charge >= 0.3 is 6.18 Å². The van der Waals surface area contributed by atoms with E-state index in [-0.39, 0.29) is 12.6 Å². The van der Waals surface area contributed by atoms with Gasteiger partial charge in [0.1, 0.15) is 0 Å².